The number of aromatic amines is 1. The van der Waals surface area contributed by atoms with Crippen molar-refractivity contribution in [2.24, 2.45) is 0 Å². The number of likely N-dealkylation sites (N-methyl/N-ethyl adjacent to an activating group) is 1. The fourth-order valence-electron chi connectivity index (χ4n) is 2.29. The second-order valence-electron chi connectivity index (χ2n) is 5.82. The predicted molar refractivity (Wildman–Crippen MR) is 86.3 cm³/mol. The van der Waals surface area contributed by atoms with Crippen LogP contribution in [-0.2, 0) is 11.2 Å². The van der Waals surface area contributed by atoms with Crippen molar-refractivity contribution in [2.45, 2.75) is 32.2 Å². The van der Waals surface area contributed by atoms with Gasteiger partial charge < -0.3 is 10.0 Å². The zero-order valence-corrected chi connectivity index (χ0v) is 13.5. The Bertz CT molecular complexity index is 679. The van der Waals surface area contributed by atoms with E-state index < -0.39 is 17.9 Å². The number of amides is 1. The summed E-state index contributed by atoms with van der Waals surface area (Å²) in [4.78, 5) is 25.3. The molecule has 0 radical (unpaired) electrons. The van der Waals surface area contributed by atoms with Crippen molar-refractivity contribution in [3.8, 4) is 0 Å². The van der Waals surface area contributed by atoms with Crippen LogP contribution in [0.5, 0.6) is 0 Å². The van der Waals surface area contributed by atoms with Gasteiger partial charge in [0.25, 0.3) is 5.91 Å². The topological polar surface area (TPSA) is 86.3 Å². The standard InChI is InChI=1S/C17H21N3O3/c1-11(2)13-10-14(19-18-13)16(21)20(3)15(17(22)23)9-12-7-5-4-6-8-12/h4-8,10-11,15H,9H2,1-3H3,(H,18,19)(H,22,23). The lowest BCUT2D eigenvalue weighted by Gasteiger charge is -2.24. The van der Waals surface area contributed by atoms with Crippen LogP contribution in [0.2, 0.25) is 0 Å². The maximum Gasteiger partial charge on any atom is 0.326 e. The molecule has 2 aromatic rings. The number of benzene rings is 1. The van der Waals surface area contributed by atoms with Gasteiger partial charge in [-0.05, 0) is 17.5 Å². The number of carboxylic acids is 1. The highest BCUT2D eigenvalue weighted by atomic mass is 16.4. The van der Waals surface area contributed by atoms with E-state index in [0.717, 1.165) is 11.3 Å². The van der Waals surface area contributed by atoms with Crippen molar-refractivity contribution in [2.75, 3.05) is 7.05 Å². The Morgan fingerprint density at radius 1 is 1.26 bits per heavy atom. The van der Waals surface area contributed by atoms with Crippen LogP contribution in [0.25, 0.3) is 0 Å². The van der Waals surface area contributed by atoms with E-state index in [1.807, 2.05) is 44.2 Å². The molecule has 0 aliphatic carbocycles. The first-order valence-electron chi connectivity index (χ1n) is 7.49. The lowest BCUT2D eigenvalue weighted by molar-refractivity contribution is -0.141. The van der Waals surface area contributed by atoms with Crippen molar-refractivity contribution in [1.82, 2.24) is 15.1 Å². The third-order valence-electron chi connectivity index (χ3n) is 3.78. The number of nitrogens with one attached hydrogen (secondary N) is 1. The number of aliphatic carboxylic acids is 1. The van der Waals surface area contributed by atoms with Crippen molar-refractivity contribution in [1.29, 1.82) is 0 Å². The van der Waals surface area contributed by atoms with E-state index in [1.54, 1.807) is 6.07 Å². The van der Waals surface area contributed by atoms with Gasteiger partial charge in [0, 0.05) is 19.2 Å². The smallest absolute Gasteiger partial charge is 0.326 e. The molecule has 0 aliphatic rings. The molecule has 1 aromatic heterocycles. The van der Waals surface area contributed by atoms with Crippen LogP contribution in [0.3, 0.4) is 0 Å². The van der Waals surface area contributed by atoms with E-state index in [9.17, 15) is 14.7 Å². The van der Waals surface area contributed by atoms with Crippen molar-refractivity contribution in [3.63, 3.8) is 0 Å². The third-order valence-corrected chi connectivity index (χ3v) is 3.78. The summed E-state index contributed by atoms with van der Waals surface area (Å²) < 4.78 is 0. The Morgan fingerprint density at radius 2 is 1.91 bits per heavy atom. The van der Waals surface area contributed by atoms with Crippen molar-refractivity contribution >= 4 is 11.9 Å². The molecule has 1 unspecified atom stereocenters. The van der Waals surface area contributed by atoms with E-state index in [-0.39, 0.29) is 18.0 Å². The highest BCUT2D eigenvalue weighted by molar-refractivity contribution is 5.95. The molecule has 0 saturated heterocycles. The zero-order valence-electron chi connectivity index (χ0n) is 13.5. The molecular weight excluding hydrogens is 294 g/mol. The number of H-pyrrole nitrogens is 1. The molecule has 0 saturated carbocycles. The van der Waals surface area contributed by atoms with Crippen molar-refractivity contribution < 1.29 is 14.7 Å². The van der Waals surface area contributed by atoms with Crippen LogP contribution in [0.4, 0.5) is 0 Å². The van der Waals surface area contributed by atoms with Crippen LogP contribution < -0.4 is 0 Å². The Kier molecular flexibility index (Phi) is 5.16. The maximum atomic E-state index is 12.5. The average Bonchev–Trinajstić information content (AvgIpc) is 3.02. The lowest BCUT2D eigenvalue weighted by atomic mass is 10.0. The molecule has 122 valence electrons. The van der Waals surface area contributed by atoms with Crippen LogP contribution in [0, 0.1) is 0 Å². The quantitative estimate of drug-likeness (QED) is 0.856. The summed E-state index contributed by atoms with van der Waals surface area (Å²) in [5.41, 5.74) is 1.94. The number of carboxylic acid groups (broad SMARTS) is 1. The molecule has 2 N–H and O–H groups in total. The molecule has 2 rings (SSSR count). The summed E-state index contributed by atoms with van der Waals surface area (Å²) in [6.45, 7) is 3.97. The molecule has 0 fully saturated rings. The molecule has 1 amide bonds. The van der Waals surface area contributed by atoms with Crippen molar-refractivity contribution in [3.05, 3.63) is 53.3 Å². The summed E-state index contributed by atoms with van der Waals surface area (Å²) in [6.07, 6.45) is 0.250. The monoisotopic (exact) mass is 315 g/mol. The fraction of sp³-hybridized carbons (Fsp3) is 0.353. The number of aromatic nitrogens is 2. The molecular formula is C17H21N3O3. The second kappa shape index (κ2) is 7.09. The van der Waals surface area contributed by atoms with Crippen LogP contribution in [0.1, 0.15) is 41.5 Å². The van der Waals surface area contributed by atoms with Gasteiger partial charge in [0.05, 0.1) is 0 Å². The molecule has 1 aromatic carbocycles. The van der Waals surface area contributed by atoms with Gasteiger partial charge in [0.15, 0.2) is 0 Å². The third kappa shape index (κ3) is 3.97. The first-order valence-corrected chi connectivity index (χ1v) is 7.49. The zero-order chi connectivity index (χ0) is 17.0. The number of hydrogen-bond acceptors (Lipinski definition) is 3. The first-order chi connectivity index (χ1) is 10.9. The normalized spacial score (nSPS) is 12.2. The fourth-order valence-corrected chi connectivity index (χ4v) is 2.29. The average molecular weight is 315 g/mol. The summed E-state index contributed by atoms with van der Waals surface area (Å²) in [7, 11) is 1.49. The molecule has 0 bridgehead atoms. The van der Waals surface area contributed by atoms with Crippen LogP contribution in [-0.4, -0.2) is 45.2 Å². The Hall–Kier alpha value is -2.63. The number of rotatable bonds is 6. The highest BCUT2D eigenvalue weighted by Crippen LogP contribution is 2.15. The van der Waals surface area contributed by atoms with E-state index in [1.165, 1.54) is 11.9 Å². The van der Waals surface area contributed by atoms with Gasteiger partial charge in [-0.25, -0.2) is 4.79 Å². The predicted octanol–water partition coefficient (Wildman–Crippen LogP) is 2.30. The number of carbonyl (C=O) groups excluding carboxylic acids is 1. The van der Waals surface area contributed by atoms with Gasteiger partial charge >= 0.3 is 5.97 Å². The largest absolute Gasteiger partial charge is 0.480 e. The first kappa shape index (κ1) is 16.7. The molecule has 1 atom stereocenters. The van der Waals surface area contributed by atoms with Gasteiger partial charge in [-0.1, -0.05) is 44.2 Å². The maximum absolute atomic E-state index is 12.5. The van der Waals surface area contributed by atoms with Gasteiger partial charge in [-0.15, -0.1) is 0 Å². The summed E-state index contributed by atoms with van der Waals surface area (Å²) in [5.74, 6) is -1.23. The van der Waals surface area contributed by atoms with Gasteiger partial charge in [-0.3, -0.25) is 9.89 Å². The molecule has 1 heterocycles. The molecule has 0 aliphatic heterocycles. The minimum Gasteiger partial charge on any atom is -0.480 e. The van der Waals surface area contributed by atoms with Crippen LogP contribution in [0.15, 0.2) is 36.4 Å². The van der Waals surface area contributed by atoms with E-state index >= 15 is 0 Å². The Morgan fingerprint density at radius 3 is 2.43 bits per heavy atom. The Balaban J connectivity index is 2.17. The number of nitrogens with zero attached hydrogens (tertiary/aromatic N) is 2. The highest BCUT2D eigenvalue weighted by Gasteiger charge is 2.28. The van der Waals surface area contributed by atoms with Gasteiger partial charge in [-0.2, -0.15) is 5.10 Å². The van der Waals surface area contributed by atoms with Gasteiger partial charge in [0.2, 0.25) is 0 Å². The molecule has 6 heteroatoms. The van der Waals surface area contributed by atoms with E-state index in [4.69, 9.17) is 0 Å². The lowest BCUT2D eigenvalue weighted by Crippen LogP contribution is -2.44. The molecule has 23 heavy (non-hydrogen) atoms. The summed E-state index contributed by atoms with van der Waals surface area (Å²) >= 11 is 0. The number of hydrogen-bond donors (Lipinski definition) is 2. The van der Waals surface area contributed by atoms with Gasteiger partial charge in [0.1, 0.15) is 11.7 Å². The summed E-state index contributed by atoms with van der Waals surface area (Å²) in [5, 5.41) is 16.3. The van der Waals surface area contributed by atoms with E-state index in [0.29, 0.717) is 0 Å². The SMILES string of the molecule is CC(C)c1cc(C(=O)N(C)C(Cc2ccccc2)C(=O)O)n[nH]1. The minimum atomic E-state index is -1.04. The molecule has 0 spiro atoms. The van der Waals surface area contributed by atoms with Crippen LogP contribution >= 0.6 is 0 Å². The Labute approximate surface area is 135 Å². The second-order valence-corrected chi connectivity index (χ2v) is 5.82. The summed E-state index contributed by atoms with van der Waals surface area (Å²) in [6, 6.07) is 9.98. The minimum absolute atomic E-state index is 0.217. The number of carbonyl (C=O) groups is 2. The van der Waals surface area contributed by atoms with E-state index in [2.05, 4.69) is 10.2 Å². The molecule has 6 nitrogen and oxygen atoms in total.